The molecule has 3 heteroatoms. The first kappa shape index (κ1) is 10.3. The Morgan fingerprint density at radius 1 is 1.40 bits per heavy atom. The smallest absolute Gasteiger partial charge is 0.0440 e. The summed E-state index contributed by atoms with van der Waals surface area (Å²) >= 11 is 0. The van der Waals surface area contributed by atoms with Crippen LogP contribution in [0.1, 0.15) is 12.1 Å². The summed E-state index contributed by atoms with van der Waals surface area (Å²) in [5, 5.41) is 0. The van der Waals surface area contributed by atoms with Gasteiger partial charge in [-0.05, 0) is 24.8 Å². The van der Waals surface area contributed by atoms with Gasteiger partial charge in [0.05, 0.1) is 0 Å². The SMILES string of the molecule is C(CCN1CC1)=NCCc1ccccn1. The number of rotatable bonds is 6. The molecular formula is C12H17N3. The van der Waals surface area contributed by atoms with Crippen LogP contribution in [0.5, 0.6) is 0 Å². The van der Waals surface area contributed by atoms with Crippen LogP contribution in [0, 0.1) is 0 Å². The van der Waals surface area contributed by atoms with E-state index in [4.69, 9.17) is 0 Å². The first-order chi connectivity index (χ1) is 7.45. The van der Waals surface area contributed by atoms with Gasteiger partial charge in [-0.1, -0.05) is 6.07 Å². The Labute approximate surface area is 90.9 Å². The molecule has 2 heterocycles. The third-order valence-corrected chi connectivity index (χ3v) is 2.47. The molecule has 0 unspecified atom stereocenters. The van der Waals surface area contributed by atoms with Crippen LogP contribution in [0.4, 0.5) is 0 Å². The zero-order chi connectivity index (χ0) is 10.3. The Bertz CT molecular complexity index is 304. The van der Waals surface area contributed by atoms with E-state index in [1.165, 1.54) is 19.6 Å². The van der Waals surface area contributed by atoms with E-state index in [9.17, 15) is 0 Å². The lowest BCUT2D eigenvalue weighted by atomic mass is 10.3. The van der Waals surface area contributed by atoms with Crippen molar-refractivity contribution in [3.8, 4) is 0 Å². The Morgan fingerprint density at radius 2 is 2.33 bits per heavy atom. The molecule has 0 radical (unpaired) electrons. The molecule has 0 N–H and O–H groups in total. The molecule has 1 aromatic rings. The summed E-state index contributed by atoms with van der Waals surface area (Å²) < 4.78 is 0. The van der Waals surface area contributed by atoms with Crippen LogP contribution in [0.2, 0.25) is 0 Å². The zero-order valence-electron chi connectivity index (χ0n) is 8.97. The van der Waals surface area contributed by atoms with Crippen LogP contribution < -0.4 is 0 Å². The van der Waals surface area contributed by atoms with Crippen LogP contribution in [0.15, 0.2) is 29.4 Å². The van der Waals surface area contributed by atoms with Crippen molar-refractivity contribution in [2.24, 2.45) is 4.99 Å². The van der Waals surface area contributed by atoms with Crippen molar-refractivity contribution in [2.75, 3.05) is 26.2 Å². The molecule has 0 aliphatic carbocycles. The third kappa shape index (κ3) is 4.21. The maximum Gasteiger partial charge on any atom is 0.0440 e. The van der Waals surface area contributed by atoms with Gasteiger partial charge >= 0.3 is 0 Å². The van der Waals surface area contributed by atoms with E-state index in [2.05, 4.69) is 14.9 Å². The monoisotopic (exact) mass is 203 g/mol. The Kier molecular flexibility index (Phi) is 3.85. The summed E-state index contributed by atoms with van der Waals surface area (Å²) in [7, 11) is 0. The molecular weight excluding hydrogens is 186 g/mol. The van der Waals surface area contributed by atoms with Gasteiger partial charge in [-0.2, -0.15) is 0 Å². The maximum atomic E-state index is 4.37. The van der Waals surface area contributed by atoms with E-state index in [-0.39, 0.29) is 0 Å². The topological polar surface area (TPSA) is 28.3 Å². The van der Waals surface area contributed by atoms with E-state index in [1.807, 2.05) is 30.6 Å². The van der Waals surface area contributed by atoms with Gasteiger partial charge < -0.3 is 4.90 Å². The quantitative estimate of drug-likeness (QED) is 0.516. The number of pyridine rings is 1. The van der Waals surface area contributed by atoms with E-state index >= 15 is 0 Å². The number of hydrogen-bond donors (Lipinski definition) is 0. The minimum absolute atomic E-state index is 0.858. The molecule has 1 fully saturated rings. The molecule has 0 saturated carbocycles. The van der Waals surface area contributed by atoms with Gasteiger partial charge in [0.15, 0.2) is 0 Å². The van der Waals surface area contributed by atoms with Gasteiger partial charge in [0.25, 0.3) is 0 Å². The van der Waals surface area contributed by atoms with Gasteiger partial charge in [0, 0.05) is 44.5 Å². The summed E-state index contributed by atoms with van der Waals surface area (Å²) in [5.41, 5.74) is 1.13. The largest absolute Gasteiger partial charge is 0.300 e. The highest BCUT2D eigenvalue weighted by Crippen LogP contribution is 2.02. The Morgan fingerprint density at radius 3 is 3.07 bits per heavy atom. The Balaban J connectivity index is 1.57. The summed E-state index contributed by atoms with van der Waals surface area (Å²) in [6.45, 7) is 4.59. The molecule has 2 rings (SSSR count). The van der Waals surface area contributed by atoms with E-state index < -0.39 is 0 Å². The second kappa shape index (κ2) is 5.61. The second-order valence-corrected chi connectivity index (χ2v) is 3.79. The molecule has 15 heavy (non-hydrogen) atoms. The van der Waals surface area contributed by atoms with Crippen molar-refractivity contribution in [3.63, 3.8) is 0 Å². The van der Waals surface area contributed by atoms with Crippen molar-refractivity contribution < 1.29 is 0 Å². The van der Waals surface area contributed by atoms with E-state index in [1.54, 1.807) is 0 Å². The molecule has 0 spiro atoms. The maximum absolute atomic E-state index is 4.37. The molecule has 3 nitrogen and oxygen atoms in total. The predicted molar refractivity (Wildman–Crippen MR) is 62.4 cm³/mol. The highest BCUT2D eigenvalue weighted by atomic mass is 15.2. The fourth-order valence-corrected chi connectivity index (χ4v) is 1.44. The molecule has 1 saturated heterocycles. The predicted octanol–water partition coefficient (Wildman–Crippen LogP) is 1.40. The van der Waals surface area contributed by atoms with Crippen LogP contribution in [-0.4, -0.2) is 42.3 Å². The van der Waals surface area contributed by atoms with Gasteiger partial charge in [0.2, 0.25) is 0 Å². The first-order valence-electron chi connectivity index (χ1n) is 5.56. The van der Waals surface area contributed by atoms with Crippen LogP contribution >= 0.6 is 0 Å². The molecule has 0 amide bonds. The van der Waals surface area contributed by atoms with Gasteiger partial charge in [-0.15, -0.1) is 0 Å². The average Bonchev–Trinajstić information content (AvgIpc) is 3.09. The van der Waals surface area contributed by atoms with Crippen molar-refractivity contribution in [3.05, 3.63) is 30.1 Å². The second-order valence-electron chi connectivity index (χ2n) is 3.79. The standard InChI is InChI=1S/C12H17N3/c1-2-7-14-12(4-1)5-8-13-6-3-9-15-10-11-15/h1-2,4,6-7H,3,5,8-11H2. The first-order valence-corrected chi connectivity index (χ1v) is 5.56. The van der Waals surface area contributed by atoms with Crippen LogP contribution in [0.25, 0.3) is 0 Å². The van der Waals surface area contributed by atoms with Crippen molar-refractivity contribution >= 4 is 6.21 Å². The Hall–Kier alpha value is -1.22. The lowest BCUT2D eigenvalue weighted by molar-refractivity contribution is 0.577. The third-order valence-electron chi connectivity index (χ3n) is 2.47. The fraction of sp³-hybridized carbons (Fsp3) is 0.500. The number of hydrogen-bond acceptors (Lipinski definition) is 3. The van der Waals surface area contributed by atoms with Crippen molar-refractivity contribution in [1.29, 1.82) is 0 Å². The lowest BCUT2D eigenvalue weighted by Crippen LogP contribution is -1.99. The highest BCUT2D eigenvalue weighted by Gasteiger charge is 2.14. The zero-order valence-corrected chi connectivity index (χ0v) is 8.97. The normalized spacial score (nSPS) is 16.0. The van der Waals surface area contributed by atoms with E-state index in [0.29, 0.717) is 0 Å². The molecule has 80 valence electrons. The number of nitrogens with zero attached hydrogens (tertiary/aromatic N) is 3. The molecule has 0 atom stereocenters. The number of aromatic nitrogens is 1. The van der Waals surface area contributed by atoms with Crippen molar-refractivity contribution in [2.45, 2.75) is 12.8 Å². The summed E-state index contributed by atoms with van der Waals surface area (Å²) in [6, 6.07) is 6.01. The highest BCUT2D eigenvalue weighted by molar-refractivity contribution is 5.57. The number of aliphatic imine (C=N–C) groups is 1. The van der Waals surface area contributed by atoms with Gasteiger partial charge in [-0.25, -0.2) is 0 Å². The van der Waals surface area contributed by atoms with Crippen molar-refractivity contribution in [1.82, 2.24) is 9.88 Å². The minimum atomic E-state index is 0.858. The average molecular weight is 203 g/mol. The molecule has 1 aliphatic rings. The van der Waals surface area contributed by atoms with E-state index in [0.717, 1.165) is 25.1 Å². The summed E-state index contributed by atoms with van der Waals surface area (Å²) in [4.78, 5) is 11.0. The lowest BCUT2D eigenvalue weighted by Gasteiger charge is -1.96. The minimum Gasteiger partial charge on any atom is -0.300 e. The van der Waals surface area contributed by atoms with Gasteiger partial charge in [0.1, 0.15) is 0 Å². The summed E-state index contributed by atoms with van der Waals surface area (Å²) in [5.74, 6) is 0. The van der Waals surface area contributed by atoms with Gasteiger partial charge in [-0.3, -0.25) is 9.98 Å². The molecule has 1 aliphatic heterocycles. The molecule has 0 bridgehead atoms. The fourth-order valence-electron chi connectivity index (χ4n) is 1.44. The van der Waals surface area contributed by atoms with Crippen LogP contribution in [-0.2, 0) is 6.42 Å². The molecule has 0 aromatic carbocycles. The summed E-state index contributed by atoms with van der Waals surface area (Å²) in [6.07, 6.45) is 5.91. The van der Waals surface area contributed by atoms with Crippen LogP contribution in [0.3, 0.4) is 0 Å². The molecule has 1 aromatic heterocycles.